The number of hydrogen-bond acceptors (Lipinski definition) is 10. The summed E-state index contributed by atoms with van der Waals surface area (Å²) in [6, 6.07) is 15.2. The molecular formula is C23H25ClN10O2S. The van der Waals surface area contributed by atoms with Crippen LogP contribution in [0, 0.1) is 0 Å². The van der Waals surface area contributed by atoms with E-state index in [-0.39, 0.29) is 22.7 Å². The zero-order chi connectivity index (χ0) is 26.3. The highest BCUT2D eigenvalue weighted by Gasteiger charge is 2.11. The van der Waals surface area contributed by atoms with Crippen LogP contribution in [0.2, 0.25) is 5.15 Å². The van der Waals surface area contributed by atoms with Gasteiger partial charge < -0.3 is 15.6 Å². The SMILES string of the molecule is CCCCc1nc(/C=N/Nc2nc(Nc3ccccc3)nc(Nc3ccc(S(N)(=O)=O)cc3)n2)c(Cl)[nH]1. The second-order valence-corrected chi connectivity index (χ2v) is 9.79. The minimum Gasteiger partial charge on any atom is -0.332 e. The van der Waals surface area contributed by atoms with Gasteiger partial charge in [0.1, 0.15) is 16.7 Å². The molecule has 0 radical (unpaired) electrons. The van der Waals surface area contributed by atoms with E-state index >= 15 is 0 Å². The Labute approximate surface area is 218 Å². The summed E-state index contributed by atoms with van der Waals surface area (Å²) >= 11 is 6.23. The van der Waals surface area contributed by atoms with Crippen molar-refractivity contribution in [1.82, 2.24) is 24.9 Å². The minimum atomic E-state index is -3.80. The quantitative estimate of drug-likeness (QED) is 0.138. The Bertz CT molecular complexity index is 1480. The zero-order valence-corrected chi connectivity index (χ0v) is 21.4. The molecule has 0 saturated carbocycles. The van der Waals surface area contributed by atoms with Gasteiger partial charge in [0.15, 0.2) is 0 Å². The minimum absolute atomic E-state index is 0.00768. The fourth-order valence-electron chi connectivity index (χ4n) is 3.16. The van der Waals surface area contributed by atoms with Crippen molar-refractivity contribution in [3.05, 3.63) is 71.3 Å². The van der Waals surface area contributed by atoms with Crippen LogP contribution in [0.1, 0.15) is 31.3 Å². The molecule has 2 aromatic heterocycles. The molecule has 0 bridgehead atoms. The van der Waals surface area contributed by atoms with Crippen LogP contribution in [-0.2, 0) is 16.4 Å². The largest absolute Gasteiger partial charge is 0.332 e. The number of anilines is 5. The number of aromatic nitrogens is 5. The molecule has 0 unspecified atom stereocenters. The Morgan fingerprint density at radius 2 is 1.57 bits per heavy atom. The summed E-state index contributed by atoms with van der Waals surface area (Å²) in [7, 11) is -3.80. The lowest BCUT2D eigenvalue weighted by Crippen LogP contribution is -2.12. The molecule has 6 N–H and O–H groups in total. The number of aryl methyl sites for hydroxylation is 1. The third-order valence-electron chi connectivity index (χ3n) is 4.96. The summed E-state index contributed by atoms with van der Waals surface area (Å²) in [4.78, 5) is 20.6. The highest BCUT2D eigenvalue weighted by molar-refractivity contribution is 7.89. The lowest BCUT2D eigenvalue weighted by Gasteiger charge is -2.10. The molecule has 4 aromatic rings. The summed E-state index contributed by atoms with van der Waals surface area (Å²) in [6.07, 6.45) is 4.32. The first-order chi connectivity index (χ1) is 17.8. The number of imidazole rings is 1. The van der Waals surface area contributed by atoms with E-state index in [4.69, 9.17) is 16.7 Å². The predicted octanol–water partition coefficient (Wildman–Crippen LogP) is 4.17. The maximum atomic E-state index is 11.5. The van der Waals surface area contributed by atoms with Gasteiger partial charge in [0.2, 0.25) is 27.9 Å². The topological polar surface area (TPSA) is 176 Å². The first-order valence-electron chi connectivity index (χ1n) is 11.3. The van der Waals surface area contributed by atoms with Gasteiger partial charge in [0, 0.05) is 17.8 Å². The monoisotopic (exact) mass is 540 g/mol. The van der Waals surface area contributed by atoms with Gasteiger partial charge in [-0.15, -0.1) is 0 Å². The summed E-state index contributed by atoms with van der Waals surface area (Å²) in [5.41, 5.74) is 4.58. The Kier molecular flexibility index (Phi) is 8.28. The Morgan fingerprint density at radius 1 is 0.946 bits per heavy atom. The van der Waals surface area contributed by atoms with Gasteiger partial charge in [0.05, 0.1) is 11.1 Å². The molecule has 0 aliphatic rings. The number of aromatic amines is 1. The van der Waals surface area contributed by atoms with E-state index < -0.39 is 10.0 Å². The van der Waals surface area contributed by atoms with Crippen molar-refractivity contribution in [2.24, 2.45) is 10.2 Å². The van der Waals surface area contributed by atoms with Crippen molar-refractivity contribution in [1.29, 1.82) is 0 Å². The number of hydrazone groups is 1. The standard InChI is InChI=1S/C23H25ClN10O2S/c1-2-3-9-19-29-18(20(24)30-19)14-26-34-23-32-21(27-15-7-5-4-6-8-15)31-22(33-23)28-16-10-12-17(13-11-16)37(25,35)36/h4-8,10-14H,2-3,9H2,1H3,(H,29,30)(H2,25,35,36)(H3,27,28,31,32,33,34)/b26-14+. The molecule has 37 heavy (non-hydrogen) atoms. The molecule has 2 aromatic carbocycles. The fourth-order valence-corrected chi connectivity index (χ4v) is 3.87. The maximum Gasteiger partial charge on any atom is 0.250 e. The van der Waals surface area contributed by atoms with Crippen LogP contribution in [0.3, 0.4) is 0 Å². The number of nitrogens with one attached hydrogen (secondary N) is 4. The number of nitrogens with two attached hydrogens (primary N) is 1. The summed E-state index contributed by atoms with van der Waals surface area (Å²) in [6.45, 7) is 2.11. The van der Waals surface area contributed by atoms with Crippen LogP contribution in [0.25, 0.3) is 0 Å². The number of rotatable bonds is 11. The van der Waals surface area contributed by atoms with Crippen LogP contribution in [0.5, 0.6) is 0 Å². The first-order valence-corrected chi connectivity index (χ1v) is 13.2. The van der Waals surface area contributed by atoms with Gasteiger partial charge in [-0.3, -0.25) is 0 Å². The maximum absolute atomic E-state index is 11.5. The third kappa shape index (κ3) is 7.46. The summed E-state index contributed by atoms with van der Waals surface area (Å²) in [5, 5.41) is 15.9. The number of halogens is 1. The van der Waals surface area contributed by atoms with E-state index in [0.29, 0.717) is 16.5 Å². The molecule has 2 heterocycles. The number of hydrogen-bond donors (Lipinski definition) is 5. The van der Waals surface area contributed by atoms with Crippen molar-refractivity contribution >= 4 is 57.1 Å². The molecule has 4 rings (SSSR count). The molecule has 0 saturated heterocycles. The number of H-pyrrole nitrogens is 1. The van der Waals surface area contributed by atoms with Crippen LogP contribution in [0.15, 0.2) is 64.6 Å². The van der Waals surface area contributed by atoms with Crippen molar-refractivity contribution < 1.29 is 8.42 Å². The number of sulfonamides is 1. The Hall–Kier alpha value is -4.07. The van der Waals surface area contributed by atoms with Crippen LogP contribution in [0.4, 0.5) is 29.2 Å². The molecule has 0 spiro atoms. The highest BCUT2D eigenvalue weighted by Crippen LogP contribution is 2.20. The van der Waals surface area contributed by atoms with Crippen molar-refractivity contribution in [3.63, 3.8) is 0 Å². The van der Waals surface area contributed by atoms with Gasteiger partial charge in [-0.1, -0.05) is 43.1 Å². The second kappa shape index (κ2) is 11.8. The number of benzene rings is 2. The first kappa shape index (κ1) is 26.0. The van der Waals surface area contributed by atoms with E-state index in [1.165, 1.54) is 18.3 Å². The Morgan fingerprint density at radius 3 is 2.19 bits per heavy atom. The van der Waals surface area contributed by atoms with Crippen molar-refractivity contribution in [2.75, 3.05) is 16.1 Å². The molecule has 0 atom stereocenters. The molecule has 12 nitrogen and oxygen atoms in total. The fraction of sp³-hybridized carbons (Fsp3) is 0.174. The van der Waals surface area contributed by atoms with Crippen LogP contribution < -0.4 is 21.2 Å². The Balaban J connectivity index is 1.55. The molecule has 0 fully saturated rings. The van der Waals surface area contributed by atoms with E-state index in [1.807, 2.05) is 30.3 Å². The zero-order valence-electron chi connectivity index (χ0n) is 19.8. The molecule has 0 aliphatic heterocycles. The molecule has 192 valence electrons. The van der Waals surface area contributed by atoms with Gasteiger partial charge in [-0.25, -0.2) is 24.0 Å². The van der Waals surface area contributed by atoms with E-state index in [9.17, 15) is 8.42 Å². The van der Waals surface area contributed by atoms with Gasteiger partial charge in [-0.2, -0.15) is 20.1 Å². The third-order valence-corrected chi connectivity index (χ3v) is 6.17. The van der Waals surface area contributed by atoms with Crippen molar-refractivity contribution in [2.45, 2.75) is 31.1 Å². The predicted molar refractivity (Wildman–Crippen MR) is 144 cm³/mol. The number of para-hydroxylation sites is 1. The second-order valence-electron chi connectivity index (χ2n) is 7.85. The summed E-state index contributed by atoms with van der Waals surface area (Å²) < 4.78 is 23.0. The van der Waals surface area contributed by atoms with Gasteiger partial charge >= 0.3 is 0 Å². The lowest BCUT2D eigenvalue weighted by atomic mass is 10.2. The van der Waals surface area contributed by atoms with Gasteiger partial charge in [-0.05, 0) is 42.8 Å². The average molecular weight is 541 g/mol. The number of nitrogens with zero attached hydrogens (tertiary/aromatic N) is 5. The smallest absolute Gasteiger partial charge is 0.250 e. The van der Waals surface area contributed by atoms with Crippen LogP contribution in [-0.4, -0.2) is 39.6 Å². The van der Waals surface area contributed by atoms with E-state index in [2.05, 4.69) is 53.0 Å². The molecular weight excluding hydrogens is 516 g/mol. The average Bonchev–Trinajstić information content (AvgIpc) is 3.22. The highest BCUT2D eigenvalue weighted by atomic mass is 35.5. The number of primary sulfonamides is 1. The van der Waals surface area contributed by atoms with E-state index in [0.717, 1.165) is 30.8 Å². The molecule has 14 heteroatoms. The van der Waals surface area contributed by atoms with E-state index in [1.54, 1.807) is 12.1 Å². The summed E-state index contributed by atoms with van der Waals surface area (Å²) in [5.74, 6) is 1.38. The lowest BCUT2D eigenvalue weighted by molar-refractivity contribution is 0.598. The van der Waals surface area contributed by atoms with Crippen molar-refractivity contribution in [3.8, 4) is 0 Å². The van der Waals surface area contributed by atoms with Crippen LogP contribution >= 0.6 is 11.6 Å². The molecule has 0 amide bonds. The number of unbranched alkanes of at least 4 members (excludes halogenated alkanes) is 1. The van der Waals surface area contributed by atoms with Gasteiger partial charge in [0.25, 0.3) is 0 Å². The normalized spacial score (nSPS) is 11.5. The molecule has 0 aliphatic carbocycles.